The summed E-state index contributed by atoms with van der Waals surface area (Å²) in [5.41, 5.74) is 0.506. The van der Waals surface area contributed by atoms with Crippen molar-refractivity contribution in [3.8, 4) is 17.3 Å². The number of aryl methyl sites for hydroxylation is 1. The smallest absolute Gasteiger partial charge is 0.319 e. The summed E-state index contributed by atoms with van der Waals surface area (Å²) in [5, 5.41) is 4.74. The maximum absolute atomic E-state index is 16.9. The van der Waals surface area contributed by atoms with Gasteiger partial charge in [0.2, 0.25) is 5.91 Å². The summed E-state index contributed by atoms with van der Waals surface area (Å²) in [4.78, 5) is 31.1. The molecule has 0 spiro atoms. The molecule has 47 heavy (non-hydrogen) atoms. The van der Waals surface area contributed by atoms with Crippen LogP contribution in [-0.2, 0) is 16.0 Å². The fourth-order valence-corrected chi connectivity index (χ4v) is 8.00. The average molecular weight is 649 g/mol. The molecule has 12 heteroatoms. The van der Waals surface area contributed by atoms with Gasteiger partial charge in [-0.05, 0) is 54.6 Å². The molecule has 3 unspecified atom stereocenters. The predicted molar refractivity (Wildman–Crippen MR) is 173 cm³/mol. The Morgan fingerprint density at radius 3 is 2.94 bits per heavy atom. The van der Waals surface area contributed by atoms with Crippen LogP contribution in [0, 0.1) is 17.6 Å². The number of hydrogen-bond donors (Lipinski definition) is 1. The number of anilines is 1. The number of amides is 1. The molecule has 7 heterocycles. The van der Waals surface area contributed by atoms with Gasteiger partial charge in [0.25, 0.3) is 0 Å². The lowest BCUT2D eigenvalue weighted by Crippen LogP contribution is -2.43. The summed E-state index contributed by atoms with van der Waals surface area (Å²) in [6.07, 6.45) is 3.76. The molecule has 9 rings (SSSR count). The zero-order chi connectivity index (χ0) is 32.1. The summed E-state index contributed by atoms with van der Waals surface area (Å²) in [6.45, 7) is 3.60. The highest BCUT2D eigenvalue weighted by Gasteiger charge is 2.49. The SMILES string of the molecule is O=C1CCCc2c(F)ccc3cccc(c23)-c2ncc3c(nc(OCC45CCCN4CC(F)C5)nc3c2F)N2CCOCC(CN1)C2.[HH]. The zero-order valence-corrected chi connectivity index (χ0v) is 26.1. The van der Waals surface area contributed by atoms with E-state index in [4.69, 9.17) is 14.5 Å². The molecule has 1 N–H and O–H groups in total. The van der Waals surface area contributed by atoms with Crippen LogP contribution < -0.4 is 15.0 Å². The maximum Gasteiger partial charge on any atom is 0.319 e. The van der Waals surface area contributed by atoms with Crippen molar-refractivity contribution in [2.24, 2.45) is 5.92 Å². The molecule has 2 aromatic carbocycles. The molecule has 4 aromatic rings. The number of rotatable bonds is 3. The van der Waals surface area contributed by atoms with E-state index in [9.17, 15) is 9.18 Å². The standard InChI is InChI=1S/C35H37F3N6O3.H2/c36-23-14-35(10-3-11-44(35)18-23)20-47-34-41-32-26-16-40-31(30(32)38)25-6-1-4-22-8-9-27(37)24(29(22)25)5-2-7-28(45)39-15-21-17-43(33(26)42-34)12-13-46-19-21;/h1,4,6,8-9,16,21,23H,2-3,5,7,10-15,17-20H2,(H,39,45);1H. The van der Waals surface area contributed by atoms with Crippen LogP contribution in [0.2, 0.25) is 0 Å². The van der Waals surface area contributed by atoms with Gasteiger partial charge in [0.1, 0.15) is 35.6 Å². The molecule has 0 saturated carbocycles. The van der Waals surface area contributed by atoms with Crippen molar-refractivity contribution < 1.29 is 28.9 Å². The number of nitrogens with zero attached hydrogens (tertiary/aromatic N) is 5. The van der Waals surface area contributed by atoms with Crippen LogP contribution in [-0.4, -0.2) is 90.0 Å². The van der Waals surface area contributed by atoms with Gasteiger partial charge >= 0.3 is 6.01 Å². The Balaban J connectivity index is 0.00000364. The molecular formula is C35H39F3N6O3. The highest BCUT2D eigenvalue weighted by atomic mass is 19.1. The minimum absolute atomic E-state index is 0. The molecule has 0 radical (unpaired) electrons. The Hall–Kier alpha value is -4.03. The van der Waals surface area contributed by atoms with E-state index < -0.39 is 23.3 Å². The largest absolute Gasteiger partial charge is 0.461 e. The second-order valence-corrected chi connectivity index (χ2v) is 13.4. The fraction of sp³-hybridized carbons (Fsp3) is 0.486. The van der Waals surface area contributed by atoms with Crippen LogP contribution in [0.3, 0.4) is 0 Å². The van der Waals surface area contributed by atoms with Crippen LogP contribution in [0.25, 0.3) is 32.9 Å². The molecular weight excluding hydrogens is 609 g/mol. The van der Waals surface area contributed by atoms with Crippen molar-refractivity contribution >= 4 is 33.4 Å². The van der Waals surface area contributed by atoms with Gasteiger partial charge in [0.05, 0.1) is 24.1 Å². The third kappa shape index (κ3) is 5.54. The van der Waals surface area contributed by atoms with Crippen molar-refractivity contribution in [3.63, 3.8) is 0 Å². The summed E-state index contributed by atoms with van der Waals surface area (Å²) >= 11 is 0. The number of fused-ring (bicyclic) bond motifs is 7. The first-order chi connectivity index (χ1) is 22.9. The Kier molecular flexibility index (Phi) is 7.87. The van der Waals surface area contributed by atoms with Crippen molar-refractivity contribution in [1.29, 1.82) is 0 Å². The van der Waals surface area contributed by atoms with Crippen molar-refractivity contribution in [2.45, 2.75) is 50.2 Å². The summed E-state index contributed by atoms with van der Waals surface area (Å²) in [5.74, 6) is -0.802. The molecule has 1 amide bonds. The first kappa shape index (κ1) is 30.3. The summed E-state index contributed by atoms with van der Waals surface area (Å²) in [6, 6.07) is 8.48. The zero-order valence-electron chi connectivity index (χ0n) is 26.1. The lowest BCUT2D eigenvalue weighted by Gasteiger charge is -2.31. The number of nitrogens with one attached hydrogen (secondary N) is 1. The molecule has 3 fully saturated rings. The molecule has 6 bridgehead atoms. The highest BCUT2D eigenvalue weighted by molar-refractivity contribution is 6.01. The molecule has 3 atom stereocenters. The normalized spacial score (nSPS) is 25.3. The van der Waals surface area contributed by atoms with Crippen LogP contribution >= 0.6 is 0 Å². The molecule has 3 saturated heterocycles. The van der Waals surface area contributed by atoms with Crippen molar-refractivity contribution in [1.82, 2.24) is 25.2 Å². The number of pyridine rings is 1. The molecule has 5 aliphatic rings. The van der Waals surface area contributed by atoms with Gasteiger partial charge in [-0.3, -0.25) is 14.7 Å². The van der Waals surface area contributed by atoms with Gasteiger partial charge in [-0.15, -0.1) is 0 Å². The second-order valence-electron chi connectivity index (χ2n) is 13.4. The van der Waals surface area contributed by atoms with Gasteiger partial charge in [0.15, 0.2) is 5.82 Å². The van der Waals surface area contributed by atoms with E-state index in [0.29, 0.717) is 86.4 Å². The van der Waals surface area contributed by atoms with Crippen LogP contribution in [0.5, 0.6) is 6.01 Å². The minimum atomic E-state index is -0.918. The van der Waals surface area contributed by atoms with Gasteiger partial charge < -0.3 is 19.7 Å². The van der Waals surface area contributed by atoms with E-state index in [-0.39, 0.29) is 43.5 Å². The first-order valence-corrected chi connectivity index (χ1v) is 16.6. The third-order valence-electron chi connectivity index (χ3n) is 10.3. The predicted octanol–water partition coefficient (Wildman–Crippen LogP) is 5.23. The fourth-order valence-electron chi connectivity index (χ4n) is 8.00. The number of carbonyl (C=O) groups is 1. The third-order valence-corrected chi connectivity index (χ3v) is 10.3. The average Bonchev–Trinajstić information content (AvgIpc) is 3.48. The Morgan fingerprint density at radius 2 is 2.02 bits per heavy atom. The van der Waals surface area contributed by atoms with E-state index >= 15 is 8.78 Å². The summed E-state index contributed by atoms with van der Waals surface area (Å²) < 4.78 is 59.0. The molecule has 2 aromatic heterocycles. The maximum atomic E-state index is 16.9. The van der Waals surface area contributed by atoms with Crippen LogP contribution in [0.15, 0.2) is 36.5 Å². The van der Waals surface area contributed by atoms with Gasteiger partial charge in [-0.25, -0.2) is 13.2 Å². The quantitative estimate of drug-likeness (QED) is 0.323. The highest BCUT2D eigenvalue weighted by Crippen LogP contribution is 2.41. The van der Waals surface area contributed by atoms with Gasteiger partial charge in [0, 0.05) is 58.1 Å². The Labute approximate surface area is 271 Å². The Bertz CT molecular complexity index is 1870. The van der Waals surface area contributed by atoms with E-state index in [0.717, 1.165) is 24.8 Å². The van der Waals surface area contributed by atoms with Crippen LogP contribution in [0.1, 0.15) is 39.1 Å². The lowest BCUT2D eigenvalue weighted by molar-refractivity contribution is -0.121. The van der Waals surface area contributed by atoms with E-state index in [1.807, 2.05) is 11.0 Å². The minimum Gasteiger partial charge on any atom is -0.461 e. The number of halogens is 3. The van der Waals surface area contributed by atoms with E-state index in [2.05, 4.69) is 20.2 Å². The number of ether oxygens (including phenoxy) is 2. The molecule has 248 valence electrons. The monoisotopic (exact) mass is 648 g/mol. The number of carbonyl (C=O) groups excluding carboxylic acids is 1. The van der Waals surface area contributed by atoms with Crippen LogP contribution in [0.4, 0.5) is 19.0 Å². The number of benzene rings is 2. The topological polar surface area (TPSA) is 92.7 Å². The molecule has 9 nitrogen and oxygen atoms in total. The number of hydrogen-bond acceptors (Lipinski definition) is 8. The van der Waals surface area contributed by atoms with Crippen molar-refractivity contribution in [2.75, 3.05) is 57.4 Å². The Morgan fingerprint density at radius 1 is 1.11 bits per heavy atom. The van der Waals surface area contributed by atoms with E-state index in [1.54, 1.807) is 24.4 Å². The van der Waals surface area contributed by atoms with Crippen molar-refractivity contribution in [3.05, 3.63) is 53.7 Å². The van der Waals surface area contributed by atoms with Gasteiger partial charge in [-0.2, -0.15) is 9.97 Å². The number of alkyl halides is 1. The second kappa shape index (κ2) is 12.2. The van der Waals surface area contributed by atoms with Gasteiger partial charge in [-0.1, -0.05) is 24.3 Å². The summed E-state index contributed by atoms with van der Waals surface area (Å²) in [7, 11) is 0. The number of aromatic nitrogens is 3. The first-order valence-electron chi connectivity index (χ1n) is 16.6. The van der Waals surface area contributed by atoms with E-state index in [1.165, 1.54) is 6.07 Å². The molecule has 0 aliphatic carbocycles. The molecule has 5 aliphatic heterocycles. The lowest BCUT2D eigenvalue weighted by atomic mass is 9.93.